The molecule has 4 N–H and O–H groups in total. The number of aliphatic imine (C=N–C) groups is 1. The van der Waals surface area contributed by atoms with Gasteiger partial charge in [-0.2, -0.15) is 13.2 Å². The lowest BCUT2D eigenvalue weighted by atomic mass is 10.0. The van der Waals surface area contributed by atoms with Crippen molar-refractivity contribution in [1.29, 1.82) is 0 Å². The highest BCUT2D eigenvalue weighted by atomic mass is 32.1. The van der Waals surface area contributed by atoms with Crippen LogP contribution in [0, 0.1) is 12.7 Å². The monoisotopic (exact) mass is 497 g/mol. The van der Waals surface area contributed by atoms with E-state index in [9.17, 15) is 32.3 Å². The van der Waals surface area contributed by atoms with Crippen LogP contribution in [0.2, 0.25) is 0 Å². The molecule has 2 aromatic heterocycles. The molecule has 180 valence electrons. The first-order valence-electron chi connectivity index (χ1n) is 9.61. The zero-order valence-corrected chi connectivity index (χ0v) is 18.9. The van der Waals surface area contributed by atoms with Crippen molar-refractivity contribution in [1.82, 2.24) is 9.55 Å². The fourth-order valence-electron chi connectivity index (χ4n) is 3.18. The number of amides is 1. The van der Waals surface area contributed by atoms with Crippen LogP contribution in [0.4, 0.5) is 28.5 Å². The topological polar surface area (TPSA) is 123 Å². The van der Waals surface area contributed by atoms with Crippen LogP contribution in [-0.4, -0.2) is 33.3 Å². The van der Waals surface area contributed by atoms with Gasteiger partial charge in [0, 0.05) is 25.0 Å². The van der Waals surface area contributed by atoms with Crippen molar-refractivity contribution < 1.29 is 27.5 Å². The number of pyridine rings is 1. The van der Waals surface area contributed by atoms with Crippen molar-refractivity contribution in [2.45, 2.75) is 19.5 Å². The van der Waals surface area contributed by atoms with Crippen molar-refractivity contribution in [2.24, 2.45) is 12.0 Å². The number of aromatic nitrogens is 2. The van der Waals surface area contributed by atoms with Crippen molar-refractivity contribution in [3.05, 3.63) is 56.4 Å². The maximum Gasteiger partial charge on any atom is 0.416 e. The number of nitrogens with one attached hydrogen (secondary N) is 1. The Morgan fingerprint density at radius 2 is 2.00 bits per heavy atom. The lowest BCUT2D eigenvalue weighted by Crippen LogP contribution is -2.26. The standard InChI is InChI=1S/C21H19F4N5O3S/c1-9-17(32)16(18(26)30(3)19(9)33)13(27-2)7-15(31)29-20-28-14(8-34-20)10-4-11(21(23,24)25)6-12(22)5-10/h4-6,8,32H,7,26H2,1-3H3,(H,28,29,31). The fraction of sp³-hybridized carbons (Fsp3) is 0.238. The van der Waals surface area contributed by atoms with E-state index >= 15 is 0 Å². The van der Waals surface area contributed by atoms with Crippen LogP contribution < -0.4 is 16.6 Å². The van der Waals surface area contributed by atoms with Crippen molar-refractivity contribution in [2.75, 3.05) is 18.1 Å². The normalized spacial score (nSPS) is 12.1. The first-order valence-corrected chi connectivity index (χ1v) is 10.5. The molecule has 0 radical (unpaired) electrons. The van der Waals surface area contributed by atoms with E-state index in [1.54, 1.807) is 0 Å². The molecule has 8 nitrogen and oxygen atoms in total. The molecule has 3 aromatic rings. The zero-order chi connectivity index (χ0) is 25.4. The largest absolute Gasteiger partial charge is 0.507 e. The number of nitrogens with two attached hydrogens (primary N) is 1. The molecule has 0 atom stereocenters. The van der Waals surface area contributed by atoms with Gasteiger partial charge in [-0.1, -0.05) is 0 Å². The molecule has 0 aliphatic carbocycles. The smallest absolute Gasteiger partial charge is 0.416 e. The van der Waals surface area contributed by atoms with Gasteiger partial charge in [0.2, 0.25) is 5.91 Å². The summed E-state index contributed by atoms with van der Waals surface area (Å²) in [6, 6.07) is 2.05. The van der Waals surface area contributed by atoms with Crippen LogP contribution in [0.1, 0.15) is 23.1 Å². The Bertz CT molecular complexity index is 1330. The number of rotatable bonds is 5. The zero-order valence-electron chi connectivity index (χ0n) is 18.1. The van der Waals surface area contributed by atoms with Gasteiger partial charge in [-0.3, -0.25) is 19.1 Å². The van der Waals surface area contributed by atoms with E-state index in [4.69, 9.17) is 5.73 Å². The summed E-state index contributed by atoms with van der Waals surface area (Å²) >= 11 is 0.929. The number of hydrogen-bond donors (Lipinski definition) is 3. The van der Waals surface area contributed by atoms with Gasteiger partial charge in [0.05, 0.1) is 34.5 Å². The predicted octanol–water partition coefficient (Wildman–Crippen LogP) is 3.71. The van der Waals surface area contributed by atoms with E-state index < -0.39 is 34.8 Å². The first kappa shape index (κ1) is 24.9. The highest BCUT2D eigenvalue weighted by Crippen LogP contribution is 2.34. The molecule has 13 heteroatoms. The molecule has 1 aromatic carbocycles. The van der Waals surface area contributed by atoms with Crippen molar-refractivity contribution >= 4 is 33.9 Å². The summed E-state index contributed by atoms with van der Waals surface area (Å²) in [5, 5.41) is 14.3. The Labute approximate surface area is 194 Å². The number of hydrogen-bond acceptors (Lipinski definition) is 7. The third kappa shape index (κ3) is 4.93. The van der Waals surface area contributed by atoms with Gasteiger partial charge in [-0.05, 0) is 25.1 Å². The predicted molar refractivity (Wildman–Crippen MR) is 121 cm³/mol. The molecule has 0 aliphatic heterocycles. The number of benzene rings is 1. The molecule has 0 bridgehead atoms. The van der Waals surface area contributed by atoms with Crippen LogP contribution in [0.25, 0.3) is 11.3 Å². The molecule has 0 fully saturated rings. The number of alkyl halides is 3. The highest BCUT2D eigenvalue weighted by molar-refractivity contribution is 7.14. The van der Waals surface area contributed by atoms with Gasteiger partial charge >= 0.3 is 6.18 Å². The molecule has 1 amide bonds. The highest BCUT2D eigenvalue weighted by Gasteiger charge is 2.31. The van der Waals surface area contributed by atoms with E-state index in [1.165, 1.54) is 26.4 Å². The number of anilines is 2. The summed E-state index contributed by atoms with van der Waals surface area (Å²) in [6.07, 6.45) is -5.08. The van der Waals surface area contributed by atoms with E-state index in [-0.39, 0.29) is 45.5 Å². The van der Waals surface area contributed by atoms with Crippen molar-refractivity contribution in [3.63, 3.8) is 0 Å². The first-order chi connectivity index (χ1) is 15.8. The molecule has 3 rings (SSSR count). The summed E-state index contributed by atoms with van der Waals surface area (Å²) in [6.45, 7) is 1.40. The van der Waals surface area contributed by atoms with Gasteiger partial charge in [0.15, 0.2) is 5.13 Å². The molecule has 0 spiro atoms. The minimum atomic E-state index is -4.73. The number of halogens is 4. The molecule has 0 aliphatic rings. The minimum Gasteiger partial charge on any atom is -0.507 e. The number of aromatic hydroxyl groups is 1. The molecule has 0 saturated heterocycles. The van der Waals surface area contributed by atoms with Gasteiger partial charge in [-0.15, -0.1) is 11.3 Å². The van der Waals surface area contributed by atoms with Crippen LogP contribution in [0.5, 0.6) is 5.75 Å². The third-order valence-corrected chi connectivity index (χ3v) is 5.75. The third-order valence-electron chi connectivity index (χ3n) is 4.99. The quantitative estimate of drug-likeness (QED) is 0.366. The Hall–Kier alpha value is -3.74. The molecule has 0 saturated carbocycles. The van der Waals surface area contributed by atoms with E-state index in [2.05, 4.69) is 15.3 Å². The Morgan fingerprint density at radius 3 is 2.62 bits per heavy atom. The maximum absolute atomic E-state index is 13.7. The van der Waals surface area contributed by atoms with Crippen molar-refractivity contribution in [3.8, 4) is 17.0 Å². The molecule has 2 heterocycles. The summed E-state index contributed by atoms with van der Waals surface area (Å²) in [7, 11) is 2.79. The molecular formula is C21H19F4N5O3S. The fourth-order valence-corrected chi connectivity index (χ4v) is 3.92. The van der Waals surface area contributed by atoms with Gasteiger partial charge < -0.3 is 16.2 Å². The summed E-state index contributed by atoms with van der Waals surface area (Å²) < 4.78 is 53.7. The average Bonchev–Trinajstić information content (AvgIpc) is 3.23. The van der Waals surface area contributed by atoms with Gasteiger partial charge in [0.25, 0.3) is 5.56 Å². The lowest BCUT2D eigenvalue weighted by Gasteiger charge is -2.15. The van der Waals surface area contributed by atoms with Crippen LogP contribution in [-0.2, 0) is 18.0 Å². The van der Waals surface area contributed by atoms with E-state index in [0.29, 0.717) is 6.07 Å². The second-order valence-corrected chi connectivity index (χ2v) is 8.12. The molecule has 34 heavy (non-hydrogen) atoms. The number of carbonyl (C=O) groups is 1. The van der Waals surface area contributed by atoms with Gasteiger partial charge in [0.1, 0.15) is 17.4 Å². The van der Waals surface area contributed by atoms with E-state index in [0.717, 1.165) is 28.0 Å². The molecule has 0 unspecified atom stereocenters. The average molecular weight is 497 g/mol. The SMILES string of the molecule is CN=C(CC(=O)Nc1nc(-c2cc(F)cc(C(F)(F)F)c2)cs1)c1c(O)c(C)c(=O)n(C)c1N. The van der Waals surface area contributed by atoms with Crippen LogP contribution >= 0.6 is 11.3 Å². The van der Waals surface area contributed by atoms with Gasteiger partial charge in [-0.25, -0.2) is 9.37 Å². The summed E-state index contributed by atoms with van der Waals surface area (Å²) in [5.74, 6) is -2.15. The van der Waals surface area contributed by atoms with Crippen LogP contribution in [0.15, 0.2) is 33.4 Å². The second-order valence-electron chi connectivity index (χ2n) is 7.26. The maximum atomic E-state index is 13.7. The number of thiazole rings is 1. The number of carbonyl (C=O) groups excluding carboxylic acids is 1. The minimum absolute atomic E-state index is 0.0335. The molecular weight excluding hydrogens is 478 g/mol. The lowest BCUT2D eigenvalue weighted by molar-refractivity contribution is -0.137. The number of nitrogen functional groups attached to an aromatic ring is 1. The summed E-state index contributed by atoms with van der Waals surface area (Å²) in [4.78, 5) is 32.7. The number of nitrogens with zero attached hydrogens (tertiary/aromatic N) is 3. The second kappa shape index (κ2) is 9.25. The van der Waals surface area contributed by atoms with Crippen LogP contribution in [0.3, 0.4) is 0 Å². The Balaban J connectivity index is 1.83. The summed E-state index contributed by atoms with van der Waals surface area (Å²) in [5.41, 5.74) is 4.41. The van der Waals surface area contributed by atoms with E-state index in [1.807, 2.05) is 0 Å². The Morgan fingerprint density at radius 1 is 1.32 bits per heavy atom. The Kier molecular flexibility index (Phi) is 6.77.